The maximum atomic E-state index is 12.6. The molecule has 0 radical (unpaired) electrons. The van der Waals surface area contributed by atoms with E-state index >= 15 is 0 Å². The van der Waals surface area contributed by atoms with Gasteiger partial charge in [0.1, 0.15) is 0 Å². The third-order valence-electron chi connectivity index (χ3n) is 3.60. The minimum atomic E-state index is -0.140. The summed E-state index contributed by atoms with van der Waals surface area (Å²) in [6.45, 7) is 6.13. The average molecular weight is 326 g/mol. The van der Waals surface area contributed by atoms with Crippen LogP contribution in [0.5, 0.6) is 11.5 Å². The molecule has 1 N–H and O–H groups in total. The van der Waals surface area contributed by atoms with Crippen LogP contribution in [0.3, 0.4) is 0 Å². The fraction of sp³-hybridized carbons (Fsp3) is 0.588. The van der Waals surface area contributed by atoms with E-state index in [1.807, 2.05) is 13.8 Å². The third-order valence-corrected chi connectivity index (χ3v) is 3.91. The normalized spacial score (nSPS) is 17.5. The van der Waals surface area contributed by atoms with Gasteiger partial charge in [-0.3, -0.25) is 4.79 Å². The largest absolute Gasteiger partial charge is 0.490 e. The van der Waals surface area contributed by atoms with Crippen molar-refractivity contribution in [3.05, 3.63) is 22.7 Å². The van der Waals surface area contributed by atoms with Crippen molar-refractivity contribution in [3.63, 3.8) is 0 Å². The van der Waals surface area contributed by atoms with Crippen LogP contribution < -0.4 is 14.8 Å². The highest BCUT2D eigenvalue weighted by molar-refractivity contribution is 6.34. The molecule has 0 spiro atoms. The second kappa shape index (κ2) is 8.39. The number of halogens is 1. The Labute approximate surface area is 137 Å². The van der Waals surface area contributed by atoms with Crippen LogP contribution in [0.25, 0.3) is 0 Å². The summed E-state index contributed by atoms with van der Waals surface area (Å²) >= 11 is 6.30. The van der Waals surface area contributed by atoms with E-state index in [1.54, 1.807) is 12.1 Å². The van der Waals surface area contributed by atoms with Crippen LogP contribution in [0.1, 0.15) is 49.9 Å². The van der Waals surface area contributed by atoms with Crippen LogP contribution in [0.4, 0.5) is 0 Å². The van der Waals surface area contributed by atoms with E-state index in [2.05, 4.69) is 5.32 Å². The predicted octanol–water partition coefficient (Wildman–Crippen LogP) is 3.85. The predicted molar refractivity (Wildman–Crippen MR) is 88.4 cm³/mol. The van der Waals surface area contributed by atoms with Gasteiger partial charge in [-0.1, -0.05) is 25.4 Å². The molecule has 1 aliphatic rings. The number of ketones is 1. The van der Waals surface area contributed by atoms with Crippen LogP contribution in [0, 0.1) is 0 Å². The lowest BCUT2D eigenvalue weighted by Crippen LogP contribution is -2.31. The Bertz CT molecular complexity index is 513. The fourth-order valence-electron chi connectivity index (χ4n) is 2.47. The highest BCUT2D eigenvalue weighted by Gasteiger charge is 2.26. The Morgan fingerprint density at radius 1 is 1.23 bits per heavy atom. The Hall–Kier alpha value is -1.26. The molecule has 4 nitrogen and oxygen atoms in total. The van der Waals surface area contributed by atoms with Crippen molar-refractivity contribution in [2.75, 3.05) is 19.8 Å². The number of nitrogens with one attached hydrogen (secondary N) is 1. The van der Waals surface area contributed by atoms with Crippen molar-refractivity contribution >= 4 is 17.4 Å². The summed E-state index contributed by atoms with van der Waals surface area (Å²) in [4.78, 5) is 12.6. The minimum Gasteiger partial charge on any atom is -0.490 e. The number of benzene rings is 1. The number of carbonyl (C=O) groups is 1. The Morgan fingerprint density at radius 2 is 1.86 bits per heavy atom. The number of ether oxygens (including phenoxy) is 2. The summed E-state index contributed by atoms with van der Waals surface area (Å²) in [6.07, 6.45) is 3.67. The topological polar surface area (TPSA) is 47.6 Å². The van der Waals surface area contributed by atoms with E-state index in [9.17, 15) is 4.79 Å². The van der Waals surface area contributed by atoms with E-state index in [1.165, 1.54) is 0 Å². The van der Waals surface area contributed by atoms with Gasteiger partial charge in [-0.25, -0.2) is 0 Å². The molecule has 22 heavy (non-hydrogen) atoms. The molecular weight excluding hydrogens is 302 g/mol. The van der Waals surface area contributed by atoms with Gasteiger partial charge in [0.2, 0.25) is 0 Å². The molecular formula is C17H24ClNO3. The summed E-state index contributed by atoms with van der Waals surface area (Å²) in [5.41, 5.74) is 0.510. The second-order valence-electron chi connectivity index (χ2n) is 5.49. The lowest BCUT2D eigenvalue weighted by atomic mass is 10.0. The lowest BCUT2D eigenvalue weighted by Gasteiger charge is -2.16. The molecule has 1 unspecified atom stereocenters. The molecule has 1 aromatic carbocycles. The standard InChI is InChI=1S/C17H24ClNO3/c1-3-8-21-15-10-12(17(20)14-6-5-7-19-14)13(18)11-16(15)22-9-4-2/h10-11,14,19H,3-9H2,1-2H3. The summed E-state index contributed by atoms with van der Waals surface area (Å²) < 4.78 is 11.4. The van der Waals surface area contributed by atoms with Crippen molar-refractivity contribution in [3.8, 4) is 11.5 Å². The molecule has 1 heterocycles. The highest BCUT2D eigenvalue weighted by Crippen LogP contribution is 2.35. The van der Waals surface area contributed by atoms with Crippen molar-refractivity contribution in [2.24, 2.45) is 0 Å². The molecule has 0 aliphatic carbocycles. The quantitative estimate of drug-likeness (QED) is 0.737. The fourth-order valence-corrected chi connectivity index (χ4v) is 2.72. The molecule has 2 rings (SSSR count). The number of hydrogen-bond acceptors (Lipinski definition) is 4. The molecule has 0 aromatic heterocycles. The maximum Gasteiger partial charge on any atom is 0.181 e. The molecule has 1 fully saturated rings. The number of hydrogen-bond donors (Lipinski definition) is 1. The van der Waals surface area contributed by atoms with E-state index in [4.69, 9.17) is 21.1 Å². The summed E-state index contributed by atoms with van der Waals surface area (Å²) in [6, 6.07) is 3.29. The van der Waals surface area contributed by atoms with Crippen molar-refractivity contribution in [2.45, 2.75) is 45.6 Å². The van der Waals surface area contributed by atoms with Crippen LogP contribution in [0.15, 0.2) is 12.1 Å². The number of rotatable bonds is 8. The third kappa shape index (κ3) is 4.14. The zero-order valence-corrected chi connectivity index (χ0v) is 14.0. The lowest BCUT2D eigenvalue weighted by molar-refractivity contribution is 0.0952. The van der Waals surface area contributed by atoms with Gasteiger partial charge in [0.25, 0.3) is 0 Å². The summed E-state index contributed by atoms with van der Waals surface area (Å²) in [5.74, 6) is 1.24. The first-order valence-corrected chi connectivity index (χ1v) is 8.41. The van der Waals surface area contributed by atoms with Crippen molar-refractivity contribution in [1.29, 1.82) is 0 Å². The van der Waals surface area contributed by atoms with Gasteiger partial charge in [0, 0.05) is 11.6 Å². The van der Waals surface area contributed by atoms with Gasteiger partial charge >= 0.3 is 0 Å². The molecule has 0 saturated carbocycles. The van der Waals surface area contributed by atoms with Gasteiger partial charge in [0.05, 0.1) is 24.3 Å². The molecule has 1 saturated heterocycles. The minimum absolute atomic E-state index is 0.0332. The monoisotopic (exact) mass is 325 g/mol. The summed E-state index contributed by atoms with van der Waals surface area (Å²) in [5, 5.41) is 3.64. The average Bonchev–Trinajstić information content (AvgIpc) is 3.05. The Morgan fingerprint density at radius 3 is 2.41 bits per heavy atom. The zero-order valence-electron chi connectivity index (χ0n) is 13.3. The first-order chi connectivity index (χ1) is 10.7. The first kappa shape index (κ1) is 17.1. The molecule has 1 atom stereocenters. The first-order valence-electron chi connectivity index (χ1n) is 8.04. The van der Waals surface area contributed by atoms with Crippen LogP contribution in [-0.4, -0.2) is 31.6 Å². The van der Waals surface area contributed by atoms with Crippen LogP contribution >= 0.6 is 11.6 Å². The smallest absolute Gasteiger partial charge is 0.181 e. The van der Waals surface area contributed by atoms with Crippen LogP contribution in [0.2, 0.25) is 5.02 Å². The number of Topliss-reactive ketones (excluding diaryl/α,β-unsaturated/α-hetero) is 1. The molecule has 5 heteroatoms. The van der Waals surface area contributed by atoms with Gasteiger partial charge in [-0.05, 0) is 38.3 Å². The van der Waals surface area contributed by atoms with Gasteiger partial charge in [0.15, 0.2) is 17.3 Å². The molecule has 1 aromatic rings. The van der Waals surface area contributed by atoms with Crippen molar-refractivity contribution < 1.29 is 14.3 Å². The van der Waals surface area contributed by atoms with Crippen LogP contribution in [-0.2, 0) is 0 Å². The molecule has 0 bridgehead atoms. The number of carbonyl (C=O) groups excluding carboxylic acids is 1. The van der Waals surface area contributed by atoms with E-state index in [0.717, 1.165) is 32.2 Å². The molecule has 0 amide bonds. The van der Waals surface area contributed by atoms with Gasteiger partial charge in [-0.15, -0.1) is 0 Å². The molecule has 122 valence electrons. The van der Waals surface area contributed by atoms with Gasteiger partial charge < -0.3 is 14.8 Å². The SMILES string of the molecule is CCCOc1cc(Cl)c(C(=O)C2CCCN2)cc1OCCC. The zero-order chi connectivity index (χ0) is 15.9. The maximum absolute atomic E-state index is 12.6. The van der Waals surface area contributed by atoms with E-state index in [0.29, 0.717) is 35.3 Å². The van der Waals surface area contributed by atoms with E-state index < -0.39 is 0 Å². The Balaban J connectivity index is 2.27. The Kier molecular flexibility index (Phi) is 6.52. The van der Waals surface area contributed by atoms with Gasteiger partial charge in [-0.2, -0.15) is 0 Å². The molecule has 1 aliphatic heterocycles. The second-order valence-corrected chi connectivity index (χ2v) is 5.90. The van der Waals surface area contributed by atoms with Crippen molar-refractivity contribution in [1.82, 2.24) is 5.32 Å². The highest BCUT2D eigenvalue weighted by atomic mass is 35.5. The summed E-state index contributed by atoms with van der Waals surface area (Å²) in [7, 11) is 0. The van der Waals surface area contributed by atoms with E-state index in [-0.39, 0.29) is 11.8 Å².